The summed E-state index contributed by atoms with van der Waals surface area (Å²) < 4.78 is 6.54. The van der Waals surface area contributed by atoms with E-state index in [1.807, 2.05) is 18.2 Å². The zero-order valence-corrected chi connectivity index (χ0v) is 24.5. The third-order valence-corrected chi connectivity index (χ3v) is 9.63. The highest BCUT2D eigenvalue weighted by atomic mass is 35.5. The Bertz CT molecular complexity index is 1270. The van der Waals surface area contributed by atoms with Crippen LogP contribution < -0.4 is 15.4 Å². The lowest BCUT2D eigenvalue weighted by Crippen LogP contribution is -2.52. The molecule has 40 heavy (non-hydrogen) atoms. The second-order valence-corrected chi connectivity index (χ2v) is 12.5. The second-order valence-electron chi connectivity index (χ2n) is 12.1. The van der Waals surface area contributed by atoms with E-state index in [1.165, 1.54) is 11.1 Å². The quantitative estimate of drug-likeness (QED) is 0.509. The average molecular weight is 568 g/mol. The van der Waals surface area contributed by atoms with E-state index < -0.39 is 17.4 Å². The summed E-state index contributed by atoms with van der Waals surface area (Å²) >= 11 is 6.38. The Morgan fingerprint density at radius 1 is 1.05 bits per heavy atom. The predicted octanol–water partition coefficient (Wildman–Crippen LogP) is 4.93. The molecule has 3 atom stereocenters. The molecule has 0 radical (unpaired) electrons. The topological polar surface area (TPSA) is 96.1 Å². The van der Waals surface area contributed by atoms with Crippen LogP contribution in [0.3, 0.4) is 0 Å². The number of hydrogen-bond donors (Lipinski definition) is 2. The third kappa shape index (κ3) is 5.30. The number of fused-ring (bicyclic) bond motifs is 3. The number of benzene rings is 2. The highest BCUT2D eigenvalue weighted by Crippen LogP contribution is 2.46. The largest absolute Gasteiger partial charge is 0.490 e. The first-order valence-electron chi connectivity index (χ1n) is 14.7. The summed E-state index contributed by atoms with van der Waals surface area (Å²) in [6, 6.07) is 11.5. The van der Waals surface area contributed by atoms with Gasteiger partial charge in [0.1, 0.15) is 5.75 Å². The lowest BCUT2D eigenvalue weighted by atomic mass is 9.70. The van der Waals surface area contributed by atoms with Crippen molar-refractivity contribution in [3.05, 3.63) is 58.1 Å². The van der Waals surface area contributed by atoms with Gasteiger partial charge in [0.2, 0.25) is 5.91 Å². The Balaban J connectivity index is 1.59. The summed E-state index contributed by atoms with van der Waals surface area (Å²) in [4.78, 5) is 30.2. The molecule has 2 heterocycles. The van der Waals surface area contributed by atoms with E-state index in [2.05, 4.69) is 17.0 Å². The Morgan fingerprint density at radius 2 is 1.77 bits per heavy atom. The molecule has 2 bridgehead atoms. The summed E-state index contributed by atoms with van der Waals surface area (Å²) in [6.07, 6.45) is 9.39. The fraction of sp³-hybridized carbons (Fsp3) is 0.562. The number of nitrogens with zero attached hydrogens (tertiary/aromatic N) is 2. The highest BCUT2D eigenvalue weighted by molar-refractivity contribution is 6.30. The zero-order valence-electron chi connectivity index (χ0n) is 23.8. The van der Waals surface area contributed by atoms with Crippen LogP contribution in [0.4, 0.5) is 5.69 Å². The summed E-state index contributed by atoms with van der Waals surface area (Å²) in [5.74, 6) is -1.56. The summed E-state index contributed by atoms with van der Waals surface area (Å²) in [5.41, 5.74) is 7.20. The molecule has 1 aliphatic carbocycles. The lowest BCUT2D eigenvalue weighted by molar-refractivity contribution is -0.156. The smallest absolute Gasteiger partial charge is 0.254 e. The van der Waals surface area contributed by atoms with Crippen molar-refractivity contribution in [3.63, 3.8) is 0 Å². The van der Waals surface area contributed by atoms with Gasteiger partial charge in [-0.25, -0.2) is 0 Å². The normalized spacial score (nSPS) is 28.0. The van der Waals surface area contributed by atoms with Crippen molar-refractivity contribution in [2.75, 3.05) is 38.2 Å². The van der Waals surface area contributed by atoms with Crippen molar-refractivity contribution < 1.29 is 19.4 Å². The van der Waals surface area contributed by atoms with Gasteiger partial charge in [-0.1, -0.05) is 49.4 Å². The van der Waals surface area contributed by atoms with Gasteiger partial charge in [-0.05, 0) is 80.0 Å². The minimum atomic E-state index is -2.15. The molecule has 2 aliphatic heterocycles. The lowest BCUT2D eigenvalue weighted by Gasteiger charge is -2.41. The van der Waals surface area contributed by atoms with Crippen LogP contribution >= 0.6 is 11.6 Å². The Hall–Kier alpha value is -2.77. The summed E-state index contributed by atoms with van der Waals surface area (Å²) in [5, 5.41) is 12.6. The number of ether oxygens (including phenoxy) is 1. The van der Waals surface area contributed by atoms with Gasteiger partial charge in [-0.3, -0.25) is 9.59 Å². The van der Waals surface area contributed by atoms with E-state index >= 15 is 0 Å². The number of aliphatic hydroxyl groups is 1. The number of hydrogen-bond acceptors (Lipinski definition) is 5. The molecule has 2 amide bonds. The van der Waals surface area contributed by atoms with Crippen LogP contribution in [0.2, 0.25) is 5.02 Å². The van der Waals surface area contributed by atoms with Crippen LogP contribution in [-0.2, 0) is 27.0 Å². The summed E-state index contributed by atoms with van der Waals surface area (Å²) in [7, 11) is 1.73. The standard InChI is InChI=1S/C32H42ClN3O4/c1-22-29(37)35(2)16-7-5-3-4-6-8-17-36-20-31(15-9-10-23-18-25(33)12-13-26(23)31)21-40-28-14-11-24(19-27(28)36)32(22,39)30(34)38/h11-14,18-19,22,39H,3-10,15-17,20-21H2,1-2H3,(H2,34,38)/t22-,31+,32+/m1/s1. The van der Waals surface area contributed by atoms with Gasteiger partial charge in [-0.2, -0.15) is 0 Å². The predicted molar refractivity (Wildman–Crippen MR) is 158 cm³/mol. The highest BCUT2D eigenvalue weighted by Gasteiger charge is 2.48. The van der Waals surface area contributed by atoms with Crippen molar-refractivity contribution in [2.45, 2.75) is 75.7 Å². The van der Waals surface area contributed by atoms with Gasteiger partial charge >= 0.3 is 0 Å². The molecule has 7 nitrogen and oxygen atoms in total. The molecule has 0 aromatic heterocycles. The molecule has 0 unspecified atom stereocenters. The van der Waals surface area contributed by atoms with Crippen LogP contribution in [0.25, 0.3) is 0 Å². The van der Waals surface area contributed by atoms with E-state index in [-0.39, 0.29) is 11.3 Å². The monoisotopic (exact) mass is 567 g/mol. The van der Waals surface area contributed by atoms with Gasteiger partial charge in [0.05, 0.1) is 18.2 Å². The van der Waals surface area contributed by atoms with Crippen molar-refractivity contribution in [2.24, 2.45) is 11.7 Å². The Morgan fingerprint density at radius 3 is 2.52 bits per heavy atom. The number of halogens is 1. The van der Waals surface area contributed by atoms with Crippen LogP contribution in [0.1, 0.15) is 75.0 Å². The maximum Gasteiger partial charge on any atom is 0.254 e. The molecule has 0 saturated heterocycles. The van der Waals surface area contributed by atoms with Crippen molar-refractivity contribution in [1.29, 1.82) is 0 Å². The molecule has 216 valence electrons. The molecule has 2 aromatic rings. The Kier molecular flexibility index (Phi) is 8.35. The number of aryl methyl sites for hydroxylation is 1. The first-order valence-corrected chi connectivity index (χ1v) is 15.1. The molecule has 0 fully saturated rings. The van der Waals surface area contributed by atoms with Gasteiger partial charge in [-0.15, -0.1) is 0 Å². The van der Waals surface area contributed by atoms with Crippen LogP contribution in [0, 0.1) is 5.92 Å². The number of primary amides is 1. The molecule has 2 aromatic carbocycles. The van der Waals surface area contributed by atoms with E-state index in [0.717, 1.165) is 81.6 Å². The zero-order chi connectivity index (χ0) is 28.5. The van der Waals surface area contributed by atoms with Gasteiger partial charge in [0, 0.05) is 37.1 Å². The second kappa shape index (κ2) is 11.6. The van der Waals surface area contributed by atoms with Gasteiger partial charge in [0.25, 0.3) is 5.91 Å². The van der Waals surface area contributed by atoms with Crippen molar-refractivity contribution in [1.82, 2.24) is 4.90 Å². The maximum atomic E-state index is 13.4. The fourth-order valence-electron chi connectivity index (χ4n) is 6.97. The minimum absolute atomic E-state index is 0.204. The van der Waals surface area contributed by atoms with Crippen molar-refractivity contribution in [3.8, 4) is 5.75 Å². The van der Waals surface area contributed by atoms with Gasteiger partial charge in [0.15, 0.2) is 5.60 Å². The van der Waals surface area contributed by atoms with Gasteiger partial charge < -0.3 is 25.4 Å². The third-order valence-electron chi connectivity index (χ3n) is 9.40. The molecule has 3 N–H and O–H groups in total. The van der Waals surface area contributed by atoms with E-state index in [0.29, 0.717) is 24.5 Å². The number of carbonyl (C=O) groups is 2. The number of anilines is 1. The fourth-order valence-corrected chi connectivity index (χ4v) is 7.17. The SMILES string of the molecule is C[C@@H]1C(=O)N(C)CCCCCCCCN2C[C@@]3(CCCc4cc(Cl)ccc43)COc3ccc(cc32)[C@]1(O)C(N)=O. The van der Waals surface area contributed by atoms with E-state index in [9.17, 15) is 14.7 Å². The Labute approximate surface area is 242 Å². The van der Waals surface area contributed by atoms with E-state index in [4.69, 9.17) is 22.1 Å². The minimum Gasteiger partial charge on any atom is -0.490 e. The van der Waals surface area contributed by atoms with Crippen LogP contribution in [0.15, 0.2) is 36.4 Å². The molecular weight excluding hydrogens is 526 g/mol. The maximum absolute atomic E-state index is 13.4. The molecule has 0 saturated carbocycles. The molecule has 8 heteroatoms. The average Bonchev–Trinajstić information content (AvgIpc) is 3.09. The first-order chi connectivity index (χ1) is 19.2. The van der Waals surface area contributed by atoms with Crippen LogP contribution in [0.5, 0.6) is 5.75 Å². The number of nitrogens with two attached hydrogens (primary N) is 1. The summed E-state index contributed by atoms with van der Waals surface area (Å²) in [6.45, 7) is 4.29. The first kappa shape index (κ1) is 28.7. The van der Waals surface area contributed by atoms with Crippen molar-refractivity contribution >= 4 is 29.1 Å². The molecule has 1 spiro atoms. The van der Waals surface area contributed by atoms with Crippen LogP contribution in [-0.4, -0.2) is 55.1 Å². The molecule has 5 rings (SSSR count). The number of carbonyl (C=O) groups excluding carboxylic acids is 2. The molecular formula is C32H42ClN3O4. The molecule has 3 aliphatic rings. The van der Waals surface area contributed by atoms with E-state index in [1.54, 1.807) is 24.9 Å². The number of amides is 2. The number of rotatable bonds is 1.